The third-order valence-corrected chi connectivity index (χ3v) is 20.0. The van der Waals surface area contributed by atoms with Gasteiger partial charge in [-0.1, -0.05) is 51.8 Å². The Morgan fingerprint density at radius 1 is 0.826 bits per heavy atom. The molecule has 1 aromatic rings. The van der Waals surface area contributed by atoms with Crippen LogP contribution in [0.4, 0.5) is 4.79 Å². The van der Waals surface area contributed by atoms with Crippen LogP contribution >= 0.6 is 0 Å². The molecule has 0 unspecified atom stereocenters. The zero-order valence-electron chi connectivity index (χ0n) is 51.1. The Kier molecular flexibility index (Phi) is 22.2. The monoisotopic (exact) mass is 1200 g/mol. The molecule has 1 aromatic heterocycles. The Labute approximate surface area is 504 Å². The molecular weight excluding hydrogens is 1110 g/mol. The summed E-state index contributed by atoms with van der Waals surface area (Å²) in [6, 6.07) is -9.27. The summed E-state index contributed by atoms with van der Waals surface area (Å²) in [5, 5.41) is 47.1. The van der Waals surface area contributed by atoms with Crippen molar-refractivity contribution < 1.29 is 63.1 Å². The number of ether oxygens (including phenoxy) is 2. The van der Waals surface area contributed by atoms with E-state index >= 15 is 4.79 Å². The van der Waals surface area contributed by atoms with Crippen LogP contribution in [0.2, 0.25) is 0 Å². The highest BCUT2D eigenvalue weighted by Crippen LogP contribution is 2.65. The number of piperidine rings is 1. The number of primary amides is 1. The maximum atomic E-state index is 15.3. The first-order valence-corrected chi connectivity index (χ1v) is 31.4. The molecule has 0 radical (unpaired) electrons. The number of urea groups is 1. The third kappa shape index (κ3) is 14.8. The van der Waals surface area contributed by atoms with Gasteiger partial charge in [-0.25, -0.2) is 9.78 Å². The van der Waals surface area contributed by atoms with Crippen molar-refractivity contribution in [3.63, 3.8) is 0 Å². The summed E-state index contributed by atoms with van der Waals surface area (Å²) in [6.45, 7) is 12.6. The number of rotatable bonds is 25. The summed E-state index contributed by atoms with van der Waals surface area (Å²) in [4.78, 5) is 122. The molecule has 1 spiro atoms. The van der Waals surface area contributed by atoms with Crippen molar-refractivity contribution in [2.24, 2.45) is 52.4 Å². The van der Waals surface area contributed by atoms with Crippen molar-refractivity contribution in [3.8, 4) is 0 Å². The zero-order valence-corrected chi connectivity index (χ0v) is 51.1. The smallest absolute Gasteiger partial charge is 0.318 e. The number of unbranched alkanes of at least 4 members (excludes halogenated alkanes) is 1. The van der Waals surface area contributed by atoms with Crippen LogP contribution in [0.1, 0.15) is 137 Å². The SMILES string of the molecule is CC1=C2C[C@H]3[C@@H](CC=C4C[C@@H](O)CC[C@@]43C)[C@@H]2CC[C@]12O[C@@H]1C[C@H](C)CN(C(=O)[C@H](CCC(N)=O)NC(=O)[C@H](CC(C)C)NC(=O)[C@H](CCCCN)NC(=O)[C@H](CO)NC(=O)[C@H](CO)NC(=O)[C@H](Cc3cnc[nH]3)NC(=O)N3CCOCC3)[C@H]1[C@H]2C. The number of amides is 9. The fourth-order valence-electron chi connectivity index (χ4n) is 15.4. The van der Waals surface area contributed by atoms with Crippen LogP contribution in [0.5, 0.6) is 0 Å². The van der Waals surface area contributed by atoms with Crippen molar-refractivity contribution >= 4 is 47.4 Å². The molecular formula is C61H96N12O13. The number of likely N-dealkylation sites (tertiary alicyclic amines) is 1. The van der Waals surface area contributed by atoms with E-state index in [0.29, 0.717) is 56.0 Å². The molecule has 9 amide bonds. The lowest BCUT2D eigenvalue weighted by molar-refractivity contribution is -0.144. The van der Waals surface area contributed by atoms with E-state index in [1.54, 1.807) is 0 Å². The van der Waals surface area contributed by atoms with Crippen LogP contribution in [-0.2, 0) is 49.5 Å². The largest absolute Gasteiger partial charge is 0.394 e. The number of aromatic nitrogens is 2. The van der Waals surface area contributed by atoms with Crippen molar-refractivity contribution in [2.45, 2.75) is 198 Å². The van der Waals surface area contributed by atoms with Gasteiger partial charge in [0.25, 0.3) is 0 Å². The fourth-order valence-corrected chi connectivity index (χ4v) is 15.4. The quantitative estimate of drug-likeness (QED) is 0.0468. The molecule has 4 aliphatic carbocycles. The lowest BCUT2D eigenvalue weighted by Gasteiger charge is -2.49. The number of nitrogens with zero attached hydrogens (tertiary/aromatic N) is 3. The second-order valence-electron chi connectivity index (χ2n) is 26.2. The number of hydrogen-bond donors (Lipinski definition) is 12. The summed E-state index contributed by atoms with van der Waals surface area (Å²) < 4.78 is 12.7. The van der Waals surface area contributed by atoms with Crippen LogP contribution in [0, 0.1) is 40.9 Å². The van der Waals surface area contributed by atoms with Gasteiger partial charge in [0, 0.05) is 50.3 Å². The number of imidazole rings is 1. The predicted octanol–water partition coefficient (Wildman–Crippen LogP) is 0.466. The lowest BCUT2D eigenvalue weighted by atomic mass is 9.56. The van der Waals surface area contributed by atoms with E-state index < -0.39 is 96.5 Å². The third-order valence-electron chi connectivity index (χ3n) is 20.0. The Morgan fingerprint density at radius 3 is 2.10 bits per heavy atom. The summed E-state index contributed by atoms with van der Waals surface area (Å²) in [5.74, 6) is -4.15. The fraction of sp³-hybridized carbons (Fsp3) is 0.754. The van der Waals surface area contributed by atoms with E-state index in [0.717, 1.165) is 51.4 Å². The molecule has 0 aromatic carbocycles. The standard InChI is InChI=1S/C61H96N12O13/c1-33(2)23-46(68-53(78)44(9-7-8-18-62)66-56(81)48(30-74)70-57(82)49(31-75)69-55(80)47(26-38-28-64-32-65-38)71-59(84)72-19-21-85-22-20-72)54(79)67-45(12-13-51(63)77)58(83)73-29-34(3)24-50-52(73)36(5)61(86-50)17-15-40-41-11-10-37-25-39(76)14-16-60(37,6)43(41)27-42(40)35(61)4/h10,28,32-34,36,39-41,43-50,52,74-76H,7-9,11-27,29-31,62H2,1-6H3,(H2,63,77)(H,64,65)(H,66,81)(H,67,79)(H,68,78)(H,69,80)(H,70,82)(H,71,84)/t34-,36+,39-,40-,41-,43-,44-,45-,46-,47-,48-,49-,50+,52-,60-,61-/m0/s1. The Hall–Kier alpha value is -5.99. The average molecular weight is 1210 g/mol. The lowest BCUT2D eigenvalue weighted by Crippen LogP contribution is -2.62. The number of carbonyl (C=O) groups excluding carboxylic acids is 8. The summed E-state index contributed by atoms with van der Waals surface area (Å²) >= 11 is 0. The van der Waals surface area contributed by atoms with Gasteiger partial charge in [-0.2, -0.15) is 0 Å². The van der Waals surface area contributed by atoms with Gasteiger partial charge in [0.2, 0.25) is 41.4 Å². The first-order valence-electron chi connectivity index (χ1n) is 31.4. The second-order valence-corrected chi connectivity index (χ2v) is 26.2. The number of aromatic amines is 1. The zero-order chi connectivity index (χ0) is 62.2. The minimum absolute atomic E-state index is 0.0256. The van der Waals surface area contributed by atoms with Crippen LogP contribution in [0.15, 0.2) is 35.3 Å². The number of nitrogens with one attached hydrogen (secondary N) is 7. The highest BCUT2D eigenvalue weighted by molar-refractivity contribution is 5.97. The predicted molar refractivity (Wildman–Crippen MR) is 315 cm³/mol. The van der Waals surface area contributed by atoms with E-state index in [1.807, 2.05) is 18.7 Å². The first-order chi connectivity index (χ1) is 41.0. The molecule has 0 bridgehead atoms. The summed E-state index contributed by atoms with van der Waals surface area (Å²) in [5.41, 5.74) is 15.6. The molecule has 3 saturated heterocycles. The van der Waals surface area contributed by atoms with Gasteiger partial charge >= 0.3 is 6.03 Å². The van der Waals surface area contributed by atoms with Gasteiger partial charge in [0.05, 0.1) is 56.6 Å². The molecule has 7 aliphatic rings. The number of aliphatic hydroxyl groups is 3. The van der Waals surface area contributed by atoms with Crippen LogP contribution in [0.25, 0.3) is 0 Å². The number of hydrogen-bond acceptors (Lipinski definition) is 15. The van der Waals surface area contributed by atoms with Gasteiger partial charge in [-0.15, -0.1) is 0 Å². The maximum Gasteiger partial charge on any atom is 0.318 e. The number of fused-ring (bicyclic) bond motifs is 6. The number of carbonyl (C=O) groups is 8. The van der Waals surface area contributed by atoms with Crippen molar-refractivity contribution in [1.82, 2.24) is 51.7 Å². The van der Waals surface area contributed by atoms with Gasteiger partial charge in [0.15, 0.2) is 0 Å². The number of aliphatic hydroxyl groups excluding tert-OH is 3. The number of allylic oxidation sites excluding steroid dienone is 2. The van der Waals surface area contributed by atoms with Crippen LogP contribution in [-0.4, -0.2) is 195 Å². The second kappa shape index (κ2) is 28.9. The molecule has 478 valence electrons. The van der Waals surface area contributed by atoms with Gasteiger partial charge in [-0.05, 0) is 138 Å². The van der Waals surface area contributed by atoms with E-state index in [-0.39, 0.29) is 99.1 Å². The minimum atomic E-state index is -1.70. The minimum Gasteiger partial charge on any atom is -0.394 e. The molecule has 5 fully saturated rings. The van der Waals surface area contributed by atoms with Crippen LogP contribution < -0.4 is 43.4 Å². The first kappa shape index (κ1) is 66.0. The molecule has 3 aliphatic heterocycles. The van der Waals surface area contributed by atoms with E-state index in [2.05, 4.69) is 75.6 Å². The summed E-state index contributed by atoms with van der Waals surface area (Å²) in [7, 11) is 0. The molecule has 25 nitrogen and oxygen atoms in total. The number of nitrogens with two attached hydrogens (primary N) is 2. The Balaban J connectivity index is 0.940. The Bertz CT molecular complexity index is 2670. The molecule has 14 N–H and O–H groups in total. The summed E-state index contributed by atoms with van der Waals surface area (Å²) in [6.07, 6.45) is 12.4. The van der Waals surface area contributed by atoms with E-state index in [1.165, 1.54) is 34.1 Å². The molecule has 2 saturated carbocycles. The average Bonchev–Trinajstić information content (AvgIpc) is 1.55. The van der Waals surface area contributed by atoms with E-state index in [4.69, 9.17) is 20.9 Å². The molecule has 86 heavy (non-hydrogen) atoms. The van der Waals surface area contributed by atoms with Gasteiger partial charge in [-0.3, -0.25) is 33.6 Å². The van der Waals surface area contributed by atoms with Crippen molar-refractivity contribution in [2.75, 3.05) is 52.6 Å². The van der Waals surface area contributed by atoms with Crippen molar-refractivity contribution in [1.29, 1.82) is 0 Å². The molecule has 16 atom stereocenters. The Morgan fingerprint density at radius 2 is 1.47 bits per heavy atom. The normalized spacial score (nSPS) is 29.8. The highest BCUT2D eigenvalue weighted by atomic mass is 16.5. The topological polar surface area (TPSA) is 375 Å². The van der Waals surface area contributed by atoms with Gasteiger partial charge in [0.1, 0.15) is 36.3 Å². The number of H-pyrrole nitrogens is 1. The van der Waals surface area contributed by atoms with E-state index in [9.17, 15) is 48.9 Å². The van der Waals surface area contributed by atoms with Crippen molar-refractivity contribution in [3.05, 3.63) is 41.0 Å². The molecule has 4 heterocycles. The van der Waals surface area contributed by atoms with Crippen LogP contribution in [0.3, 0.4) is 0 Å². The molecule has 25 heteroatoms. The molecule has 8 rings (SSSR count). The highest BCUT2D eigenvalue weighted by Gasteiger charge is 2.62. The number of morpholine rings is 1. The maximum absolute atomic E-state index is 15.3. The van der Waals surface area contributed by atoms with Gasteiger partial charge < -0.3 is 82.9 Å².